The Balaban J connectivity index is 0.000000174. The average molecular weight is 861 g/mol. The van der Waals surface area contributed by atoms with Gasteiger partial charge in [-0.2, -0.15) is 9.59 Å². The normalized spacial score (nSPS) is 29.4. The number of ether oxygens (including phenoxy) is 7. The number of aliphatic hydroxyl groups is 3. The standard InChI is InChI=1S/C28H39NO7.C18H21NO4.CO2/c1-5-28(32,11-6-9-26(2,3)31)25(30)36-24-22(33-4)16-27-10-7-12-29(27)13-8-18-14-20-21(35-17-34-20)15-19(18)23(24)27;1-21-15-9-18-4-2-5-19(18)6-3-11-7-13-14(23-10-22-13)8-12(11)16(18)17(15)20;2-1-3/h14-16,23-24,31-32H,5-13,17H2,1-4H3;7-9,16-17,20H,2-6,10H2,1H3;/t23-,24-,27+,28+;16-,17-,18+;/m11./s1. The monoisotopic (exact) mass is 860 g/mol. The zero-order valence-corrected chi connectivity index (χ0v) is 36.4. The van der Waals surface area contributed by atoms with Crippen molar-refractivity contribution in [1.82, 2.24) is 9.80 Å². The second-order valence-corrected chi connectivity index (χ2v) is 18.3. The number of benzene rings is 2. The van der Waals surface area contributed by atoms with Crippen molar-refractivity contribution < 1.29 is 62.9 Å². The lowest BCUT2D eigenvalue weighted by atomic mass is 9.77. The predicted octanol–water partition coefficient (Wildman–Crippen LogP) is 4.64. The number of esters is 1. The van der Waals surface area contributed by atoms with Gasteiger partial charge in [0.1, 0.15) is 17.6 Å². The molecule has 7 atom stereocenters. The van der Waals surface area contributed by atoms with E-state index in [1.165, 1.54) is 16.7 Å². The molecule has 0 saturated carbocycles. The number of hydrogen-bond donors (Lipinski definition) is 3. The zero-order chi connectivity index (χ0) is 44.0. The predicted molar refractivity (Wildman–Crippen MR) is 222 cm³/mol. The average Bonchev–Trinajstić information content (AvgIpc) is 4.11. The number of rotatable bonds is 9. The first-order valence-corrected chi connectivity index (χ1v) is 22.0. The Bertz CT molecular complexity index is 2130. The molecule has 0 amide bonds. The molecule has 6 heterocycles. The summed E-state index contributed by atoms with van der Waals surface area (Å²) in [5.41, 5.74) is 1.78. The number of nitrogens with zero attached hydrogens (tertiary/aromatic N) is 2. The summed E-state index contributed by atoms with van der Waals surface area (Å²) in [5, 5.41) is 32.3. The molecule has 10 rings (SSSR count). The maximum absolute atomic E-state index is 13.5. The Labute approximate surface area is 362 Å². The molecule has 2 aliphatic carbocycles. The molecule has 0 unspecified atom stereocenters. The highest BCUT2D eigenvalue weighted by Crippen LogP contribution is 2.57. The molecule has 6 aliphatic heterocycles. The Morgan fingerprint density at radius 3 is 1.76 bits per heavy atom. The Hall–Kier alpha value is -4.63. The first-order chi connectivity index (χ1) is 29.7. The van der Waals surface area contributed by atoms with Crippen molar-refractivity contribution in [3.63, 3.8) is 0 Å². The van der Waals surface area contributed by atoms with Gasteiger partial charge in [0.05, 0.1) is 36.8 Å². The van der Waals surface area contributed by atoms with E-state index in [4.69, 9.17) is 42.7 Å². The third-order valence-electron chi connectivity index (χ3n) is 14.5. The van der Waals surface area contributed by atoms with Crippen LogP contribution in [0.3, 0.4) is 0 Å². The summed E-state index contributed by atoms with van der Waals surface area (Å²) < 4.78 is 40.0. The van der Waals surface area contributed by atoms with Crippen molar-refractivity contribution in [3.8, 4) is 23.0 Å². The van der Waals surface area contributed by atoms with Gasteiger partial charge in [-0.25, -0.2) is 4.79 Å². The third kappa shape index (κ3) is 7.64. The maximum atomic E-state index is 13.5. The summed E-state index contributed by atoms with van der Waals surface area (Å²) in [5.74, 6) is 3.60. The van der Waals surface area contributed by atoms with Crippen molar-refractivity contribution in [2.24, 2.45) is 0 Å². The van der Waals surface area contributed by atoms with Crippen LogP contribution in [0.1, 0.15) is 106 Å². The van der Waals surface area contributed by atoms with Crippen LogP contribution in [0.2, 0.25) is 0 Å². The van der Waals surface area contributed by atoms with Gasteiger partial charge < -0.3 is 48.5 Å². The lowest BCUT2D eigenvalue weighted by Crippen LogP contribution is -2.49. The Morgan fingerprint density at radius 1 is 0.774 bits per heavy atom. The topological polar surface area (TPSA) is 183 Å². The second-order valence-electron chi connectivity index (χ2n) is 18.3. The van der Waals surface area contributed by atoms with Crippen molar-refractivity contribution in [3.05, 3.63) is 70.2 Å². The number of carbonyl (C=O) groups excluding carboxylic acids is 3. The van der Waals surface area contributed by atoms with E-state index < -0.39 is 29.4 Å². The molecule has 3 N–H and O–H groups in total. The van der Waals surface area contributed by atoms with E-state index in [0.717, 1.165) is 87.5 Å². The number of hydrogen-bond acceptors (Lipinski definition) is 15. The molecule has 0 bridgehead atoms. The quantitative estimate of drug-likeness (QED) is 0.297. The number of fused-ring (bicyclic) bond motifs is 6. The van der Waals surface area contributed by atoms with Gasteiger partial charge in [-0.05, 0) is 150 Å². The Morgan fingerprint density at radius 2 is 1.26 bits per heavy atom. The molecule has 62 heavy (non-hydrogen) atoms. The van der Waals surface area contributed by atoms with Crippen LogP contribution in [0.15, 0.2) is 47.9 Å². The van der Waals surface area contributed by atoms with E-state index in [0.29, 0.717) is 30.1 Å². The highest BCUT2D eigenvalue weighted by Gasteiger charge is 2.59. The van der Waals surface area contributed by atoms with Gasteiger partial charge in [-0.1, -0.05) is 6.92 Å². The van der Waals surface area contributed by atoms with Crippen LogP contribution in [0.25, 0.3) is 0 Å². The van der Waals surface area contributed by atoms with Crippen LogP contribution in [-0.2, 0) is 41.4 Å². The van der Waals surface area contributed by atoms with Crippen LogP contribution < -0.4 is 18.9 Å². The lowest BCUT2D eigenvalue weighted by molar-refractivity contribution is -0.191. The van der Waals surface area contributed by atoms with Crippen LogP contribution >= 0.6 is 0 Å². The molecule has 15 heteroatoms. The van der Waals surface area contributed by atoms with Gasteiger partial charge in [0.2, 0.25) is 13.6 Å². The molecule has 336 valence electrons. The minimum Gasteiger partial charge on any atom is -0.499 e. The number of carbonyl (C=O) groups is 1. The summed E-state index contributed by atoms with van der Waals surface area (Å²) in [6.07, 6.45) is 10.8. The third-order valence-corrected chi connectivity index (χ3v) is 14.5. The second kappa shape index (κ2) is 17.2. The lowest BCUT2D eigenvalue weighted by Gasteiger charge is -2.39. The number of methoxy groups -OCH3 is 2. The first kappa shape index (κ1) is 44.0. The molecule has 2 saturated heterocycles. The van der Waals surface area contributed by atoms with Gasteiger partial charge >= 0.3 is 12.1 Å². The molecule has 15 nitrogen and oxygen atoms in total. The first-order valence-electron chi connectivity index (χ1n) is 22.0. The molecule has 2 aromatic rings. The van der Waals surface area contributed by atoms with Gasteiger partial charge in [-0.15, -0.1) is 0 Å². The molecule has 0 radical (unpaired) electrons. The molecular formula is C47H60N2O13. The molecule has 8 aliphatic rings. The minimum atomic E-state index is -1.63. The summed E-state index contributed by atoms with van der Waals surface area (Å²) in [7, 11) is 3.26. The molecule has 0 aromatic heterocycles. The van der Waals surface area contributed by atoms with E-state index in [-0.39, 0.29) is 55.5 Å². The van der Waals surface area contributed by atoms with Gasteiger partial charge in [0.25, 0.3) is 0 Å². The summed E-state index contributed by atoms with van der Waals surface area (Å²) >= 11 is 0. The molecular weight excluding hydrogens is 801 g/mol. The fourth-order valence-electron chi connectivity index (χ4n) is 11.6. The maximum Gasteiger partial charge on any atom is 0.373 e. The zero-order valence-electron chi connectivity index (χ0n) is 36.4. The fourth-order valence-corrected chi connectivity index (χ4v) is 11.6. The van der Waals surface area contributed by atoms with E-state index in [1.54, 1.807) is 35.0 Å². The van der Waals surface area contributed by atoms with Crippen LogP contribution in [0.5, 0.6) is 23.0 Å². The van der Waals surface area contributed by atoms with Gasteiger partial charge in [-0.3, -0.25) is 9.80 Å². The largest absolute Gasteiger partial charge is 0.499 e. The highest BCUT2D eigenvalue weighted by atomic mass is 16.7. The number of aliphatic hydroxyl groups excluding tert-OH is 1. The Kier molecular flexibility index (Phi) is 12.2. The highest BCUT2D eigenvalue weighted by molar-refractivity contribution is 5.80. The fraction of sp³-hybridized carbons (Fsp3) is 0.617. The molecule has 2 aromatic carbocycles. The smallest absolute Gasteiger partial charge is 0.373 e. The van der Waals surface area contributed by atoms with Crippen LogP contribution in [0, 0.1) is 0 Å². The van der Waals surface area contributed by atoms with E-state index in [9.17, 15) is 20.1 Å². The van der Waals surface area contributed by atoms with Gasteiger partial charge in [0, 0.05) is 19.0 Å². The van der Waals surface area contributed by atoms with Crippen LogP contribution in [-0.4, -0.2) is 126 Å². The van der Waals surface area contributed by atoms with Gasteiger partial charge in [0.15, 0.2) is 34.7 Å². The van der Waals surface area contributed by atoms with Crippen LogP contribution in [0.4, 0.5) is 0 Å². The van der Waals surface area contributed by atoms with Crippen molar-refractivity contribution >= 4 is 12.1 Å². The van der Waals surface area contributed by atoms with Crippen molar-refractivity contribution in [2.75, 3.05) is 54.0 Å². The SMILES string of the molecule is CC[C@](O)(CCCC(C)(C)O)C(=O)O[C@@H]1C(OC)=C[C@]23CCCN2CCc2cc4c(cc2[C@H]13)OCO4.COC1=C[C@]23CCCN2CCc2cc4c(cc2[C@@H]3[C@@H]1O)OCO4.O=C=O. The van der Waals surface area contributed by atoms with Crippen molar-refractivity contribution in [1.29, 1.82) is 0 Å². The van der Waals surface area contributed by atoms with Crippen molar-refractivity contribution in [2.45, 2.75) is 131 Å². The van der Waals surface area contributed by atoms with E-state index in [1.807, 2.05) is 0 Å². The molecule has 2 fully saturated rings. The molecule has 2 spiro atoms. The summed E-state index contributed by atoms with van der Waals surface area (Å²) in [6.45, 7) is 9.68. The van der Waals surface area contributed by atoms with E-state index in [2.05, 4.69) is 46.2 Å². The summed E-state index contributed by atoms with van der Waals surface area (Å²) in [4.78, 5) is 34.8. The minimum absolute atomic E-state index is 0.00644. The summed E-state index contributed by atoms with van der Waals surface area (Å²) in [6, 6.07) is 8.30. The van der Waals surface area contributed by atoms with E-state index >= 15 is 0 Å².